The molecule has 0 fully saturated rings. The van der Waals surface area contributed by atoms with Gasteiger partial charge in [-0.2, -0.15) is 4.39 Å². The van der Waals surface area contributed by atoms with Crippen molar-refractivity contribution in [3.05, 3.63) is 35.4 Å². The van der Waals surface area contributed by atoms with Crippen LogP contribution in [-0.2, 0) is 4.79 Å². The van der Waals surface area contributed by atoms with E-state index in [1.807, 2.05) is 0 Å². The maximum Gasteiger partial charge on any atom is 0.307 e. The molecule has 0 unspecified atom stereocenters. The molecule has 4 nitrogen and oxygen atoms in total. The lowest BCUT2D eigenvalue weighted by Gasteiger charge is -1.98. The number of hydrogen-bond acceptors (Lipinski definition) is 3. The number of carbonyl (C=O) groups excluding carboxylic acids is 1. The van der Waals surface area contributed by atoms with Crippen LogP contribution in [0.5, 0.6) is 0 Å². The number of aliphatic carboxylic acids is 1. The molecule has 1 rings (SSSR count). The minimum absolute atomic E-state index is 0.167. The van der Waals surface area contributed by atoms with Crippen molar-refractivity contribution >= 4 is 18.3 Å². The second kappa shape index (κ2) is 4.99. The number of aldehydes is 1. The summed E-state index contributed by atoms with van der Waals surface area (Å²) in [5.74, 6) is -1.85. The largest absolute Gasteiger partial charge is 0.481 e. The number of nitrogens with zero attached hydrogens (tertiary/aromatic N) is 1. The number of hydrogen-bond donors (Lipinski definition) is 1. The second-order valence-corrected chi connectivity index (χ2v) is 2.72. The molecule has 1 heterocycles. The highest BCUT2D eigenvalue weighted by molar-refractivity contribution is 5.82. The van der Waals surface area contributed by atoms with Crippen molar-refractivity contribution in [1.29, 1.82) is 0 Å². The molecule has 0 aromatic carbocycles. The molecule has 0 saturated heterocycles. The van der Waals surface area contributed by atoms with Gasteiger partial charge in [0.2, 0.25) is 5.95 Å². The Morgan fingerprint density at radius 2 is 2.33 bits per heavy atom. The summed E-state index contributed by atoms with van der Waals surface area (Å²) in [6, 6.07) is 1.44. The van der Waals surface area contributed by atoms with Crippen LogP contribution < -0.4 is 0 Å². The first-order valence-corrected chi connectivity index (χ1v) is 4.13. The van der Waals surface area contributed by atoms with E-state index in [9.17, 15) is 14.0 Å². The minimum atomic E-state index is -0.992. The summed E-state index contributed by atoms with van der Waals surface area (Å²) in [5, 5.41) is 8.37. The maximum atomic E-state index is 12.9. The molecule has 0 amide bonds. The van der Waals surface area contributed by atoms with Crippen LogP contribution >= 0.6 is 0 Å². The maximum absolute atomic E-state index is 12.9. The summed E-state index contributed by atoms with van der Waals surface area (Å²) >= 11 is 0. The van der Waals surface area contributed by atoms with Gasteiger partial charge in [0.05, 0.1) is 12.0 Å². The van der Waals surface area contributed by atoms with Crippen LogP contribution in [-0.4, -0.2) is 22.3 Å². The molecule has 5 heteroatoms. The average Bonchev–Trinajstić information content (AvgIpc) is 2.17. The van der Waals surface area contributed by atoms with Crippen molar-refractivity contribution in [2.75, 3.05) is 0 Å². The zero-order valence-electron chi connectivity index (χ0n) is 7.68. The summed E-state index contributed by atoms with van der Waals surface area (Å²) < 4.78 is 12.9. The zero-order chi connectivity index (χ0) is 11.3. The number of carbonyl (C=O) groups is 2. The number of aromatic nitrogens is 1. The standard InChI is InChI=1S/C10H8FNO3/c11-10-8(6-13)7(4-5-12-10)2-1-3-9(14)15/h1-2,4-6H,3H2,(H,14,15). The predicted molar refractivity (Wildman–Crippen MR) is 50.9 cm³/mol. The van der Waals surface area contributed by atoms with Gasteiger partial charge in [0.25, 0.3) is 0 Å². The van der Waals surface area contributed by atoms with E-state index in [0.29, 0.717) is 11.8 Å². The molecule has 15 heavy (non-hydrogen) atoms. The minimum Gasteiger partial charge on any atom is -0.481 e. The Kier molecular flexibility index (Phi) is 3.68. The highest BCUT2D eigenvalue weighted by atomic mass is 19.1. The van der Waals surface area contributed by atoms with Crippen LogP contribution in [0.25, 0.3) is 6.08 Å². The third-order valence-electron chi connectivity index (χ3n) is 1.68. The fourth-order valence-corrected chi connectivity index (χ4v) is 1.01. The van der Waals surface area contributed by atoms with Crippen molar-refractivity contribution < 1.29 is 19.1 Å². The lowest BCUT2D eigenvalue weighted by atomic mass is 10.1. The number of carboxylic acids is 1. The fraction of sp³-hybridized carbons (Fsp3) is 0.100. The highest BCUT2D eigenvalue weighted by Gasteiger charge is 2.05. The number of pyridine rings is 1. The van der Waals surface area contributed by atoms with Crippen molar-refractivity contribution in [3.8, 4) is 0 Å². The Labute approximate surface area is 85.1 Å². The molecule has 0 aliphatic rings. The predicted octanol–water partition coefficient (Wildman–Crippen LogP) is 1.52. The lowest BCUT2D eigenvalue weighted by molar-refractivity contribution is -0.135. The monoisotopic (exact) mass is 209 g/mol. The summed E-state index contributed by atoms with van der Waals surface area (Å²) in [5.41, 5.74) is 0.151. The van der Waals surface area contributed by atoms with Gasteiger partial charge >= 0.3 is 5.97 Å². The molecule has 0 atom stereocenters. The quantitative estimate of drug-likeness (QED) is 0.603. The molecule has 1 N–H and O–H groups in total. The van der Waals surface area contributed by atoms with Gasteiger partial charge in [-0.25, -0.2) is 4.98 Å². The van der Waals surface area contributed by atoms with E-state index in [1.165, 1.54) is 24.4 Å². The molecule has 0 aliphatic heterocycles. The van der Waals surface area contributed by atoms with Crippen LogP contribution in [0.4, 0.5) is 4.39 Å². The summed E-state index contributed by atoms with van der Waals surface area (Å²) in [6.45, 7) is 0. The number of halogens is 1. The average molecular weight is 209 g/mol. The molecule has 0 bridgehead atoms. The van der Waals surface area contributed by atoms with Crippen LogP contribution in [0.1, 0.15) is 22.3 Å². The van der Waals surface area contributed by atoms with Crippen molar-refractivity contribution in [1.82, 2.24) is 4.98 Å². The molecule has 78 valence electrons. The van der Waals surface area contributed by atoms with Gasteiger partial charge in [-0.15, -0.1) is 0 Å². The van der Waals surface area contributed by atoms with Crippen molar-refractivity contribution in [2.24, 2.45) is 0 Å². The SMILES string of the molecule is O=Cc1c(C=CCC(=O)O)ccnc1F. The van der Waals surface area contributed by atoms with Gasteiger partial charge in [0, 0.05) is 6.20 Å². The Balaban J connectivity index is 2.94. The molecule has 1 aromatic heterocycles. The van der Waals surface area contributed by atoms with E-state index >= 15 is 0 Å². The Morgan fingerprint density at radius 1 is 1.60 bits per heavy atom. The third-order valence-corrected chi connectivity index (χ3v) is 1.68. The molecule has 0 aliphatic carbocycles. The first kappa shape index (κ1) is 11.0. The first-order chi connectivity index (χ1) is 7.15. The van der Waals surface area contributed by atoms with E-state index in [-0.39, 0.29) is 12.0 Å². The lowest BCUT2D eigenvalue weighted by Crippen LogP contribution is -1.95. The van der Waals surface area contributed by atoms with Gasteiger partial charge in [-0.05, 0) is 11.6 Å². The summed E-state index contributed by atoms with van der Waals surface area (Å²) in [4.78, 5) is 24.0. The van der Waals surface area contributed by atoms with Gasteiger partial charge in [0.15, 0.2) is 6.29 Å². The molecule has 0 spiro atoms. The summed E-state index contributed by atoms with van der Waals surface area (Å²) in [6.07, 6.45) is 4.10. The van der Waals surface area contributed by atoms with Crippen LogP contribution in [0.15, 0.2) is 18.3 Å². The first-order valence-electron chi connectivity index (χ1n) is 4.13. The van der Waals surface area contributed by atoms with E-state index in [0.717, 1.165) is 0 Å². The molecular formula is C10H8FNO3. The Hall–Kier alpha value is -2.04. The topological polar surface area (TPSA) is 67.3 Å². The van der Waals surface area contributed by atoms with E-state index < -0.39 is 11.9 Å². The van der Waals surface area contributed by atoms with Gasteiger partial charge in [0.1, 0.15) is 0 Å². The Bertz CT molecular complexity index is 415. The molecule has 0 saturated carbocycles. The van der Waals surface area contributed by atoms with Gasteiger partial charge in [-0.1, -0.05) is 12.2 Å². The van der Waals surface area contributed by atoms with E-state index in [4.69, 9.17) is 5.11 Å². The molecular weight excluding hydrogens is 201 g/mol. The van der Waals surface area contributed by atoms with Crippen LogP contribution in [0.3, 0.4) is 0 Å². The normalized spacial score (nSPS) is 10.5. The highest BCUT2D eigenvalue weighted by Crippen LogP contribution is 2.10. The van der Waals surface area contributed by atoms with Gasteiger partial charge < -0.3 is 5.11 Å². The summed E-state index contributed by atoms with van der Waals surface area (Å²) in [7, 11) is 0. The van der Waals surface area contributed by atoms with Crippen molar-refractivity contribution in [2.45, 2.75) is 6.42 Å². The van der Waals surface area contributed by atoms with Crippen LogP contribution in [0.2, 0.25) is 0 Å². The second-order valence-electron chi connectivity index (χ2n) is 2.72. The van der Waals surface area contributed by atoms with Crippen molar-refractivity contribution in [3.63, 3.8) is 0 Å². The van der Waals surface area contributed by atoms with Crippen LogP contribution in [0, 0.1) is 5.95 Å². The Morgan fingerprint density at radius 3 is 2.93 bits per heavy atom. The van der Waals surface area contributed by atoms with E-state index in [1.54, 1.807) is 0 Å². The third kappa shape index (κ3) is 2.98. The van der Waals surface area contributed by atoms with Gasteiger partial charge in [-0.3, -0.25) is 9.59 Å². The fourth-order valence-electron chi connectivity index (χ4n) is 1.01. The number of carboxylic acid groups (broad SMARTS) is 1. The molecule has 0 radical (unpaired) electrons. The molecule has 1 aromatic rings. The zero-order valence-corrected chi connectivity index (χ0v) is 7.68. The number of rotatable bonds is 4. The van der Waals surface area contributed by atoms with E-state index in [2.05, 4.69) is 4.98 Å². The smallest absolute Gasteiger partial charge is 0.307 e.